The van der Waals surface area contributed by atoms with Gasteiger partial charge in [0, 0.05) is 0 Å². The van der Waals surface area contributed by atoms with Gasteiger partial charge in [0.2, 0.25) is 0 Å². The maximum Gasteiger partial charge on any atom is 0.0904 e. The number of allylic oxidation sites excluding steroid dienone is 1. The molecule has 2 fully saturated rings. The van der Waals surface area contributed by atoms with Gasteiger partial charge in [-0.3, -0.25) is 0 Å². The van der Waals surface area contributed by atoms with E-state index in [2.05, 4.69) is 6.92 Å². The van der Waals surface area contributed by atoms with Crippen LogP contribution in [0.2, 0.25) is 0 Å². The lowest BCUT2D eigenvalue weighted by molar-refractivity contribution is 0.137. The third kappa shape index (κ3) is 2.05. The molecule has 1 saturated carbocycles. The molecule has 0 spiro atoms. The Balaban J connectivity index is 1.77. The zero-order valence-corrected chi connectivity index (χ0v) is 8.40. The Kier molecular flexibility index (Phi) is 2.58. The van der Waals surface area contributed by atoms with Gasteiger partial charge in [-0.05, 0) is 31.6 Å². The lowest BCUT2D eigenvalue weighted by atomic mass is 9.81. The van der Waals surface area contributed by atoms with E-state index in [1.807, 2.05) is 13.0 Å². The van der Waals surface area contributed by atoms with Crippen molar-refractivity contribution in [2.24, 2.45) is 11.8 Å². The molecule has 0 aromatic heterocycles. The second-order valence-corrected chi connectivity index (χ2v) is 4.22. The number of ether oxygens (including phenoxy) is 2. The molecular formula is C11H18O2. The van der Waals surface area contributed by atoms with Crippen molar-refractivity contribution in [2.45, 2.75) is 38.9 Å². The summed E-state index contributed by atoms with van der Waals surface area (Å²) >= 11 is 0. The van der Waals surface area contributed by atoms with Crippen molar-refractivity contribution in [3.63, 3.8) is 0 Å². The average Bonchev–Trinajstić information content (AvgIpc) is 2.83. The Morgan fingerprint density at radius 2 is 2.15 bits per heavy atom. The van der Waals surface area contributed by atoms with Gasteiger partial charge in [0.25, 0.3) is 0 Å². The summed E-state index contributed by atoms with van der Waals surface area (Å²) in [4.78, 5) is 0. The van der Waals surface area contributed by atoms with E-state index in [9.17, 15) is 0 Å². The van der Waals surface area contributed by atoms with Crippen LogP contribution in [0.1, 0.15) is 26.7 Å². The van der Waals surface area contributed by atoms with Crippen LogP contribution < -0.4 is 0 Å². The second kappa shape index (κ2) is 3.70. The van der Waals surface area contributed by atoms with Gasteiger partial charge in [0.1, 0.15) is 0 Å². The molecule has 2 heteroatoms. The summed E-state index contributed by atoms with van der Waals surface area (Å²) in [5.41, 5.74) is 0. The maximum atomic E-state index is 5.51. The summed E-state index contributed by atoms with van der Waals surface area (Å²) in [5.74, 6) is 1.45. The molecule has 1 saturated heterocycles. The van der Waals surface area contributed by atoms with Crippen molar-refractivity contribution in [3.8, 4) is 0 Å². The first kappa shape index (κ1) is 9.07. The molecule has 0 amide bonds. The summed E-state index contributed by atoms with van der Waals surface area (Å²) in [6, 6.07) is 0. The zero-order chi connectivity index (χ0) is 9.26. The minimum Gasteiger partial charge on any atom is -0.501 e. The van der Waals surface area contributed by atoms with Crippen LogP contribution in [0.5, 0.6) is 0 Å². The van der Waals surface area contributed by atoms with E-state index >= 15 is 0 Å². The normalized spacial score (nSPS) is 43.2. The van der Waals surface area contributed by atoms with Gasteiger partial charge in [-0.2, -0.15) is 0 Å². The number of epoxide rings is 1. The molecule has 1 aliphatic heterocycles. The molecule has 74 valence electrons. The first-order chi connectivity index (χ1) is 6.31. The predicted octanol–water partition coefficient (Wildman–Crippen LogP) is 2.35. The van der Waals surface area contributed by atoms with Gasteiger partial charge in [0.05, 0.1) is 25.1 Å². The highest BCUT2D eigenvalue weighted by Crippen LogP contribution is 2.42. The Morgan fingerprint density at radius 3 is 2.92 bits per heavy atom. The number of hydrogen-bond donors (Lipinski definition) is 0. The molecular weight excluding hydrogens is 164 g/mol. The van der Waals surface area contributed by atoms with Crippen LogP contribution in [0.3, 0.4) is 0 Å². The number of fused-ring (bicyclic) bond motifs is 1. The lowest BCUT2D eigenvalue weighted by Gasteiger charge is -2.25. The summed E-state index contributed by atoms with van der Waals surface area (Å²) < 4.78 is 10.9. The molecule has 1 heterocycles. The van der Waals surface area contributed by atoms with Crippen molar-refractivity contribution < 1.29 is 9.47 Å². The van der Waals surface area contributed by atoms with E-state index < -0.39 is 0 Å². The Hall–Kier alpha value is -0.500. The maximum absolute atomic E-state index is 5.51. The van der Waals surface area contributed by atoms with E-state index in [4.69, 9.17) is 9.47 Å². The van der Waals surface area contributed by atoms with Gasteiger partial charge in [0.15, 0.2) is 0 Å². The van der Waals surface area contributed by atoms with E-state index in [-0.39, 0.29) is 0 Å². The molecule has 13 heavy (non-hydrogen) atoms. The fourth-order valence-electron chi connectivity index (χ4n) is 2.19. The van der Waals surface area contributed by atoms with Crippen LogP contribution in [0.4, 0.5) is 0 Å². The first-order valence-electron chi connectivity index (χ1n) is 5.19. The second-order valence-electron chi connectivity index (χ2n) is 4.22. The molecule has 1 aliphatic carbocycles. The topological polar surface area (TPSA) is 21.8 Å². The van der Waals surface area contributed by atoms with Gasteiger partial charge in [-0.15, -0.1) is 0 Å². The smallest absolute Gasteiger partial charge is 0.0904 e. The van der Waals surface area contributed by atoms with Crippen LogP contribution in [0, 0.1) is 11.8 Å². The minimum atomic E-state index is 0.565. The quantitative estimate of drug-likeness (QED) is 0.493. The fraction of sp³-hybridized carbons (Fsp3) is 0.818. The van der Waals surface area contributed by atoms with Crippen LogP contribution >= 0.6 is 0 Å². The lowest BCUT2D eigenvalue weighted by Crippen LogP contribution is -2.25. The monoisotopic (exact) mass is 182 g/mol. The van der Waals surface area contributed by atoms with E-state index in [1.165, 1.54) is 12.8 Å². The van der Waals surface area contributed by atoms with Crippen molar-refractivity contribution in [1.82, 2.24) is 0 Å². The summed E-state index contributed by atoms with van der Waals surface area (Å²) in [5, 5.41) is 0. The zero-order valence-electron chi connectivity index (χ0n) is 8.40. The van der Waals surface area contributed by atoms with Gasteiger partial charge in [-0.25, -0.2) is 0 Å². The Labute approximate surface area is 79.9 Å². The standard InChI is InChI=1S/C11H18O2/c1-3-4-12-7-9-6-11-10(13-11)5-8(9)2/h3-4,8-11H,5-7H2,1-2H3/b4-3+. The first-order valence-corrected chi connectivity index (χ1v) is 5.19. The van der Waals surface area contributed by atoms with Crippen molar-refractivity contribution >= 4 is 0 Å². The highest BCUT2D eigenvalue weighted by molar-refractivity contribution is 4.94. The van der Waals surface area contributed by atoms with E-state index in [0.717, 1.165) is 12.5 Å². The third-order valence-electron chi connectivity index (χ3n) is 3.17. The van der Waals surface area contributed by atoms with Crippen molar-refractivity contribution in [1.29, 1.82) is 0 Å². The predicted molar refractivity (Wildman–Crippen MR) is 51.3 cm³/mol. The largest absolute Gasteiger partial charge is 0.501 e. The molecule has 0 N–H and O–H groups in total. The molecule has 0 aromatic carbocycles. The fourth-order valence-corrected chi connectivity index (χ4v) is 2.19. The highest BCUT2D eigenvalue weighted by Gasteiger charge is 2.46. The molecule has 0 bridgehead atoms. The summed E-state index contributed by atoms with van der Waals surface area (Å²) in [6.45, 7) is 5.14. The van der Waals surface area contributed by atoms with Crippen molar-refractivity contribution in [2.75, 3.05) is 6.61 Å². The summed E-state index contributed by atoms with van der Waals surface area (Å²) in [6.07, 6.45) is 7.30. The van der Waals surface area contributed by atoms with Gasteiger partial charge >= 0.3 is 0 Å². The SMILES string of the molecule is C/C=C/OCC1CC2OC2CC1C. The van der Waals surface area contributed by atoms with Gasteiger partial charge < -0.3 is 9.47 Å². The van der Waals surface area contributed by atoms with Crippen LogP contribution in [0.15, 0.2) is 12.3 Å². The van der Waals surface area contributed by atoms with E-state index in [0.29, 0.717) is 18.1 Å². The molecule has 4 atom stereocenters. The molecule has 2 rings (SSSR count). The Morgan fingerprint density at radius 1 is 1.38 bits per heavy atom. The third-order valence-corrected chi connectivity index (χ3v) is 3.17. The average molecular weight is 182 g/mol. The molecule has 0 aromatic rings. The highest BCUT2D eigenvalue weighted by atomic mass is 16.6. The molecule has 0 radical (unpaired) electrons. The molecule has 2 aliphatic rings. The van der Waals surface area contributed by atoms with Crippen molar-refractivity contribution in [3.05, 3.63) is 12.3 Å². The summed E-state index contributed by atoms with van der Waals surface area (Å²) in [7, 11) is 0. The van der Waals surface area contributed by atoms with Crippen LogP contribution in [0.25, 0.3) is 0 Å². The minimum absolute atomic E-state index is 0.565. The molecule has 2 nitrogen and oxygen atoms in total. The molecule has 4 unspecified atom stereocenters. The number of hydrogen-bond acceptors (Lipinski definition) is 2. The van der Waals surface area contributed by atoms with Crippen LogP contribution in [-0.4, -0.2) is 18.8 Å². The van der Waals surface area contributed by atoms with E-state index in [1.54, 1.807) is 6.26 Å². The Bertz CT molecular complexity index is 200. The number of rotatable bonds is 3. The van der Waals surface area contributed by atoms with Crippen LogP contribution in [-0.2, 0) is 9.47 Å². The van der Waals surface area contributed by atoms with Gasteiger partial charge in [-0.1, -0.05) is 13.0 Å².